The lowest BCUT2D eigenvalue weighted by molar-refractivity contribution is -0.116. The van der Waals surface area contributed by atoms with Crippen molar-refractivity contribution in [3.63, 3.8) is 0 Å². The number of hydrogen-bond acceptors (Lipinski definition) is 6. The Bertz CT molecular complexity index is 989. The van der Waals surface area contributed by atoms with Crippen LogP contribution in [0.5, 0.6) is 17.2 Å². The molecule has 2 rings (SSSR count). The van der Waals surface area contributed by atoms with Gasteiger partial charge in [-0.05, 0) is 56.2 Å². The predicted octanol–water partition coefficient (Wildman–Crippen LogP) is 2.97. The van der Waals surface area contributed by atoms with Gasteiger partial charge in [-0.2, -0.15) is 0 Å². The van der Waals surface area contributed by atoms with Crippen LogP contribution in [0.15, 0.2) is 41.3 Å². The first-order valence-electron chi connectivity index (χ1n) is 9.41. The van der Waals surface area contributed by atoms with Crippen molar-refractivity contribution in [3.05, 3.63) is 42.0 Å². The van der Waals surface area contributed by atoms with Crippen LogP contribution in [-0.4, -0.2) is 41.7 Å². The van der Waals surface area contributed by atoms with E-state index in [1.54, 1.807) is 34.1 Å². The Labute approximate surface area is 177 Å². The van der Waals surface area contributed by atoms with Gasteiger partial charge in [-0.1, -0.05) is 6.07 Å². The molecule has 0 aliphatic heterocycles. The Balaban J connectivity index is 2.13. The number of amides is 1. The maximum atomic E-state index is 12.5. The average molecular weight is 437 g/mol. The van der Waals surface area contributed by atoms with Gasteiger partial charge < -0.3 is 19.5 Å². The molecule has 2 N–H and O–H groups in total. The first kappa shape index (κ1) is 23.5. The van der Waals surface area contributed by atoms with Crippen LogP contribution in [0.4, 0.5) is 5.69 Å². The van der Waals surface area contributed by atoms with E-state index in [0.717, 1.165) is 5.56 Å². The van der Waals surface area contributed by atoms with Crippen LogP contribution >= 0.6 is 0 Å². The van der Waals surface area contributed by atoms with Gasteiger partial charge in [-0.25, -0.2) is 13.1 Å². The van der Waals surface area contributed by atoms with Crippen molar-refractivity contribution in [2.75, 3.05) is 26.6 Å². The molecule has 0 aromatic heterocycles. The maximum absolute atomic E-state index is 12.5. The van der Waals surface area contributed by atoms with E-state index < -0.39 is 10.0 Å². The molecule has 164 valence electrons. The van der Waals surface area contributed by atoms with E-state index in [0.29, 0.717) is 29.4 Å². The lowest BCUT2D eigenvalue weighted by atomic mass is 10.1. The summed E-state index contributed by atoms with van der Waals surface area (Å²) in [7, 11) is 0.869. The zero-order valence-corrected chi connectivity index (χ0v) is 18.6. The fourth-order valence-electron chi connectivity index (χ4n) is 2.84. The second-order valence-corrected chi connectivity index (χ2v) is 8.59. The molecule has 0 saturated heterocycles. The summed E-state index contributed by atoms with van der Waals surface area (Å²) in [6.07, 6.45) is 0.668. The number of sulfonamides is 1. The number of anilines is 1. The summed E-state index contributed by atoms with van der Waals surface area (Å²) < 4.78 is 43.1. The smallest absolute Gasteiger partial charge is 0.240 e. The molecule has 2 aromatic rings. The number of rotatable bonds is 10. The quantitative estimate of drug-likeness (QED) is 0.594. The molecule has 2 aromatic carbocycles. The first-order chi connectivity index (χ1) is 14.2. The van der Waals surface area contributed by atoms with E-state index in [9.17, 15) is 13.2 Å². The molecule has 0 saturated carbocycles. The third-order valence-electron chi connectivity index (χ3n) is 4.23. The topological polar surface area (TPSA) is 103 Å². The van der Waals surface area contributed by atoms with Crippen LogP contribution in [0, 0.1) is 0 Å². The lowest BCUT2D eigenvalue weighted by Gasteiger charge is -2.14. The summed E-state index contributed by atoms with van der Waals surface area (Å²) >= 11 is 0. The van der Waals surface area contributed by atoms with Gasteiger partial charge in [0.15, 0.2) is 11.5 Å². The van der Waals surface area contributed by atoms with Gasteiger partial charge in [0.25, 0.3) is 0 Å². The molecular weight excluding hydrogens is 408 g/mol. The van der Waals surface area contributed by atoms with E-state index in [1.165, 1.54) is 25.3 Å². The van der Waals surface area contributed by atoms with Crippen LogP contribution in [0.3, 0.4) is 0 Å². The Morgan fingerprint density at radius 3 is 2.17 bits per heavy atom. The highest BCUT2D eigenvalue weighted by Crippen LogP contribution is 2.29. The molecule has 30 heavy (non-hydrogen) atoms. The normalized spacial score (nSPS) is 11.3. The highest BCUT2D eigenvalue weighted by atomic mass is 32.2. The van der Waals surface area contributed by atoms with Crippen LogP contribution in [-0.2, 0) is 21.2 Å². The van der Waals surface area contributed by atoms with E-state index in [1.807, 2.05) is 12.1 Å². The Kier molecular flexibility index (Phi) is 8.08. The van der Waals surface area contributed by atoms with Crippen molar-refractivity contribution >= 4 is 21.6 Å². The van der Waals surface area contributed by atoms with Crippen LogP contribution < -0.4 is 24.2 Å². The largest absolute Gasteiger partial charge is 0.495 e. The molecular formula is C21H28N2O6S. The van der Waals surface area contributed by atoms with Gasteiger partial charge in [-0.3, -0.25) is 4.79 Å². The number of ether oxygens (including phenoxy) is 3. The van der Waals surface area contributed by atoms with Gasteiger partial charge in [-0.15, -0.1) is 0 Å². The molecule has 0 unspecified atom stereocenters. The third-order valence-corrected chi connectivity index (χ3v) is 5.89. The fraction of sp³-hybridized carbons (Fsp3) is 0.381. The molecule has 0 fully saturated rings. The van der Waals surface area contributed by atoms with Gasteiger partial charge in [0.05, 0.1) is 31.9 Å². The molecule has 0 aliphatic rings. The lowest BCUT2D eigenvalue weighted by Crippen LogP contribution is -2.30. The number of carbonyl (C=O) groups excluding carboxylic acids is 1. The fourth-order valence-corrected chi connectivity index (χ4v) is 4.11. The van der Waals surface area contributed by atoms with E-state index in [4.69, 9.17) is 14.2 Å². The highest BCUT2D eigenvalue weighted by Gasteiger charge is 2.18. The second-order valence-electron chi connectivity index (χ2n) is 6.88. The summed E-state index contributed by atoms with van der Waals surface area (Å²) in [5.74, 6) is 1.31. The molecule has 0 radical (unpaired) electrons. The van der Waals surface area contributed by atoms with Gasteiger partial charge in [0, 0.05) is 12.5 Å². The summed E-state index contributed by atoms with van der Waals surface area (Å²) in [6, 6.07) is 9.54. The minimum Gasteiger partial charge on any atom is -0.495 e. The first-order valence-corrected chi connectivity index (χ1v) is 10.9. The van der Waals surface area contributed by atoms with E-state index in [2.05, 4.69) is 10.0 Å². The minimum absolute atomic E-state index is 0.0483. The third kappa shape index (κ3) is 6.11. The summed E-state index contributed by atoms with van der Waals surface area (Å²) in [6.45, 7) is 3.47. The molecule has 8 nitrogen and oxygen atoms in total. The maximum Gasteiger partial charge on any atom is 0.240 e. The van der Waals surface area contributed by atoms with Gasteiger partial charge >= 0.3 is 0 Å². The average Bonchev–Trinajstić information content (AvgIpc) is 2.71. The molecule has 0 heterocycles. The summed E-state index contributed by atoms with van der Waals surface area (Å²) in [5.41, 5.74) is 1.20. The van der Waals surface area contributed by atoms with Crippen LogP contribution in [0.1, 0.15) is 25.8 Å². The number of hydrogen-bond donors (Lipinski definition) is 2. The van der Waals surface area contributed by atoms with Crippen molar-refractivity contribution in [3.8, 4) is 17.2 Å². The Morgan fingerprint density at radius 1 is 0.933 bits per heavy atom. The standard InChI is InChI=1S/C21H28N2O6S/c1-14(2)23-30(25,26)16-8-10-18(27-3)17(13-16)22-21(24)11-7-15-6-9-19(28-4)20(12-15)29-5/h6,8-10,12-14,23H,7,11H2,1-5H3,(H,22,24). The van der Waals surface area contributed by atoms with Gasteiger partial charge in [0.2, 0.25) is 15.9 Å². The number of aryl methyl sites for hydroxylation is 1. The second kappa shape index (κ2) is 10.3. The number of benzene rings is 2. The predicted molar refractivity (Wildman–Crippen MR) is 115 cm³/mol. The molecule has 1 amide bonds. The molecule has 0 atom stereocenters. The zero-order chi connectivity index (χ0) is 22.3. The van der Waals surface area contributed by atoms with Gasteiger partial charge in [0.1, 0.15) is 5.75 Å². The summed E-state index contributed by atoms with van der Waals surface area (Å²) in [5, 5.41) is 2.74. The molecule has 0 aliphatic carbocycles. The number of nitrogens with one attached hydrogen (secondary N) is 2. The molecule has 9 heteroatoms. The van der Waals surface area contributed by atoms with Crippen molar-refractivity contribution in [2.24, 2.45) is 0 Å². The van der Waals surface area contributed by atoms with Crippen molar-refractivity contribution < 1.29 is 27.4 Å². The van der Waals surface area contributed by atoms with Crippen LogP contribution in [0.2, 0.25) is 0 Å². The molecule has 0 bridgehead atoms. The number of methoxy groups -OCH3 is 3. The van der Waals surface area contributed by atoms with E-state index >= 15 is 0 Å². The Hall–Kier alpha value is -2.78. The number of carbonyl (C=O) groups is 1. The van der Waals surface area contributed by atoms with Crippen molar-refractivity contribution in [1.29, 1.82) is 0 Å². The Morgan fingerprint density at radius 2 is 1.57 bits per heavy atom. The molecule has 0 spiro atoms. The highest BCUT2D eigenvalue weighted by molar-refractivity contribution is 7.89. The SMILES string of the molecule is COc1ccc(S(=O)(=O)NC(C)C)cc1NC(=O)CCc1ccc(OC)c(OC)c1. The minimum atomic E-state index is -3.70. The van der Waals surface area contributed by atoms with Crippen molar-refractivity contribution in [1.82, 2.24) is 4.72 Å². The summed E-state index contributed by atoms with van der Waals surface area (Å²) in [4.78, 5) is 12.5. The van der Waals surface area contributed by atoms with Crippen molar-refractivity contribution in [2.45, 2.75) is 37.6 Å². The zero-order valence-electron chi connectivity index (χ0n) is 17.8. The van der Waals surface area contributed by atoms with Crippen LogP contribution in [0.25, 0.3) is 0 Å². The monoisotopic (exact) mass is 436 g/mol. The van der Waals surface area contributed by atoms with E-state index in [-0.39, 0.29) is 23.3 Å².